The number of thioether (sulfide) groups is 1. The van der Waals surface area contributed by atoms with E-state index in [1.807, 2.05) is 35.0 Å². The van der Waals surface area contributed by atoms with Crippen molar-refractivity contribution in [1.29, 1.82) is 0 Å². The lowest BCUT2D eigenvalue weighted by Gasteiger charge is -2.28. The zero-order valence-corrected chi connectivity index (χ0v) is 19.1. The van der Waals surface area contributed by atoms with Crippen molar-refractivity contribution in [2.75, 3.05) is 42.3 Å². The van der Waals surface area contributed by atoms with E-state index in [0.717, 1.165) is 30.0 Å². The van der Waals surface area contributed by atoms with Gasteiger partial charge in [0.05, 0.1) is 24.6 Å². The van der Waals surface area contributed by atoms with Gasteiger partial charge in [-0.2, -0.15) is 0 Å². The van der Waals surface area contributed by atoms with E-state index in [0.29, 0.717) is 35.4 Å². The first-order chi connectivity index (χ1) is 16.6. The molecule has 1 amide bonds. The van der Waals surface area contributed by atoms with Crippen LogP contribution in [0.1, 0.15) is 15.9 Å². The third-order valence-corrected chi connectivity index (χ3v) is 6.42. The van der Waals surface area contributed by atoms with Crippen LogP contribution in [0.4, 0.5) is 21.6 Å². The Morgan fingerprint density at radius 1 is 1.15 bits per heavy atom. The molecule has 10 heteroatoms. The van der Waals surface area contributed by atoms with Gasteiger partial charge in [0.25, 0.3) is 5.91 Å². The average molecular weight is 479 g/mol. The molecule has 0 radical (unpaired) electrons. The van der Waals surface area contributed by atoms with E-state index in [1.54, 1.807) is 12.1 Å². The molecule has 1 aliphatic rings. The van der Waals surface area contributed by atoms with Crippen molar-refractivity contribution in [2.24, 2.45) is 0 Å². The summed E-state index contributed by atoms with van der Waals surface area (Å²) in [5.74, 6) is 0.809. The highest BCUT2D eigenvalue weighted by molar-refractivity contribution is 7.98. The van der Waals surface area contributed by atoms with Gasteiger partial charge in [0.2, 0.25) is 5.16 Å². The van der Waals surface area contributed by atoms with Crippen LogP contribution >= 0.6 is 11.8 Å². The number of morpholine rings is 1. The van der Waals surface area contributed by atoms with E-state index in [2.05, 4.69) is 15.3 Å². The summed E-state index contributed by atoms with van der Waals surface area (Å²) in [5.41, 5.74) is 8.82. The van der Waals surface area contributed by atoms with Gasteiger partial charge in [-0.15, -0.1) is 5.10 Å². The van der Waals surface area contributed by atoms with Crippen molar-refractivity contribution < 1.29 is 13.9 Å². The number of carbonyl (C=O) groups excluding carboxylic acids is 1. The van der Waals surface area contributed by atoms with E-state index < -0.39 is 5.82 Å². The first-order valence-corrected chi connectivity index (χ1v) is 11.8. The van der Waals surface area contributed by atoms with Crippen LogP contribution in [0, 0.1) is 5.82 Å². The lowest BCUT2D eigenvalue weighted by molar-refractivity contribution is 0.102. The van der Waals surface area contributed by atoms with Crippen LogP contribution < -0.4 is 16.0 Å². The van der Waals surface area contributed by atoms with Gasteiger partial charge in [-0.05, 0) is 48.0 Å². The molecule has 3 heterocycles. The minimum Gasteiger partial charge on any atom is -0.397 e. The predicted octanol–water partition coefficient (Wildman–Crippen LogP) is 3.83. The SMILES string of the molecule is Nc1cc(F)ccc1NC(=O)c1ccc(CSc2nc(N3CCOCC3)c3cccn3n2)cc1. The van der Waals surface area contributed by atoms with Crippen LogP contribution in [-0.2, 0) is 10.5 Å². The number of benzene rings is 2. The summed E-state index contributed by atoms with van der Waals surface area (Å²) in [7, 11) is 0. The smallest absolute Gasteiger partial charge is 0.255 e. The number of nitrogen functional groups attached to an aromatic ring is 1. The van der Waals surface area contributed by atoms with Gasteiger partial charge < -0.3 is 20.7 Å². The molecular weight excluding hydrogens is 455 g/mol. The number of aromatic nitrogens is 3. The number of carbonyl (C=O) groups is 1. The van der Waals surface area contributed by atoms with Crippen molar-refractivity contribution in [2.45, 2.75) is 10.9 Å². The molecule has 8 nitrogen and oxygen atoms in total. The molecule has 3 N–H and O–H groups in total. The second-order valence-corrected chi connectivity index (χ2v) is 8.77. The van der Waals surface area contributed by atoms with E-state index in [9.17, 15) is 9.18 Å². The van der Waals surface area contributed by atoms with Crippen molar-refractivity contribution >= 4 is 40.4 Å². The highest BCUT2D eigenvalue weighted by Gasteiger charge is 2.18. The number of amides is 1. The van der Waals surface area contributed by atoms with Gasteiger partial charge in [-0.25, -0.2) is 13.9 Å². The molecule has 0 saturated carbocycles. The van der Waals surface area contributed by atoms with Crippen molar-refractivity contribution in [3.05, 3.63) is 77.7 Å². The molecule has 0 bridgehead atoms. The molecule has 34 heavy (non-hydrogen) atoms. The second kappa shape index (κ2) is 9.70. The van der Waals surface area contributed by atoms with E-state index >= 15 is 0 Å². The topological polar surface area (TPSA) is 97.8 Å². The Morgan fingerprint density at radius 2 is 1.94 bits per heavy atom. The normalized spacial score (nSPS) is 13.9. The maximum Gasteiger partial charge on any atom is 0.255 e. The molecule has 0 spiro atoms. The molecule has 0 atom stereocenters. The average Bonchev–Trinajstić information content (AvgIpc) is 3.33. The Hall–Kier alpha value is -3.63. The van der Waals surface area contributed by atoms with Crippen molar-refractivity contribution in [3.63, 3.8) is 0 Å². The third-order valence-electron chi connectivity index (χ3n) is 5.51. The Kier molecular flexibility index (Phi) is 6.33. The Balaban J connectivity index is 1.26. The number of hydrogen-bond acceptors (Lipinski definition) is 7. The lowest BCUT2D eigenvalue weighted by atomic mass is 10.1. The zero-order valence-electron chi connectivity index (χ0n) is 18.3. The summed E-state index contributed by atoms with van der Waals surface area (Å²) in [6, 6.07) is 15.1. The predicted molar refractivity (Wildman–Crippen MR) is 131 cm³/mol. The number of fused-ring (bicyclic) bond motifs is 1. The van der Waals surface area contributed by atoms with Crippen LogP contribution in [0.3, 0.4) is 0 Å². The Bertz CT molecular complexity index is 1320. The fourth-order valence-corrected chi connectivity index (χ4v) is 4.50. The summed E-state index contributed by atoms with van der Waals surface area (Å²) in [6.45, 7) is 2.98. The molecule has 5 rings (SSSR count). The number of nitrogens with one attached hydrogen (secondary N) is 1. The molecule has 0 unspecified atom stereocenters. The standard InChI is InChI=1S/C24H23FN6O2S/c25-18-7-8-20(19(26)14-18)27-23(32)17-5-3-16(4-6-17)15-34-24-28-22(30-10-12-33-13-11-30)21-2-1-9-31(21)29-24/h1-9,14H,10-13,15,26H2,(H,27,32). The number of hydrogen-bond donors (Lipinski definition) is 2. The first-order valence-electron chi connectivity index (χ1n) is 10.8. The number of nitrogens with zero attached hydrogens (tertiary/aromatic N) is 4. The van der Waals surface area contributed by atoms with E-state index in [-0.39, 0.29) is 11.6 Å². The van der Waals surface area contributed by atoms with Gasteiger partial charge >= 0.3 is 0 Å². The van der Waals surface area contributed by atoms with Crippen LogP contribution in [0.5, 0.6) is 0 Å². The van der Waals surface area contributed by atoms with E-state index in [1.165, 1.54) is 30.0 Å². The minimum atomic E-state index is -0.450. The van der Waals surface area contributed by atoms with Gasteiger partial charge in [0.1, 0.15) is 11.3 Å². The number of nitrogens with two attached hydrogens (primary N) is 1. The summed E-state index contributed by atoms with van der Waals surface area (Å²) in [4.78, 5) is 19.6. The number of rotatable bonds is 6. The zero-order chi connectivity index (χ0) is 23.5. The molecule has 4 aromatic rings. The molecule has 1 aliphatic heterocycles. The van der Waals surface area contributed by atoms with Gasteiger partial charge in [-0.1, -0.05) is 23.9 Å². The third kappa shape index (κ3) is 4.82. The molecule has 2 aromatic heterocycles. The van der Waals surface area contributed by atoms with Crippen LogP contribution in [0.15, 0.2) is 66.0 Å². The van der Waals surface area contributed by atoms with Gasteiger partial charge in [0, 0.05) is 30.6 Å². The Labute approximate surface area is 199 Å². The second-order valence-electron chi connectivity index (χ2n) is 7.83. The highest BCUT2D eigenvalue weighted by Crippen LogP contribution is 2.26. The maximum absolute atomic E-state index is 13.2. The maximum atomic E-state index is 13.2. The largest absolute Gasteiger partial charge is 0.397 e. The van der Waals surface area contributed by atoms with Crippen LogP contribution in [0.2, 0.25) is 0 Å². The van der Waals surface area contributed by atoms with Crippen LogP contribution in [-0.4, -0.2) is 46.8 Å². The van der Waals surface area contributed by atoms with Crippen molar-refractivity contribution in [3.8, 4) is 0 Å². The molecule has 1 fully saturated rings. The molecule has 2 aromatic carbocycles. The fourth-order valence-electron chi connectivity index (χ4n) is 3.71. The summed E-state index contributed by atoms with van der Waals surface area (Å²) >= 11 is 1.54. The molecule has 174 valence electrons. The molecule has 1 saturated heterocycles. The van der Waals surface area contributed by atoms with E-state index in [4.69, 9.17) is 15.5 Å². The summed E-state index contributed by atoms with van der Waals surface area (Å²) in [6.07, 6.45) is 1.92. The van der Waals surface area contributed by atoms with Gasteiger partial charge in [0.15, 0.2) is 5.82 Å². The highest BCUT2D eigenvalue weighted by atomic mass is 32.2. The molecular formula is C24H23FN6O2S. The Morgan fingerprint density at radius 3 is 2.71 bits per heavy atom. The lowest BCUT2D eigenvalue weighted by Crippen LogP contribution is -2.37. The number of halogens is 1. The van der Waals surface area contributed by atoms with Crippen molar-refractivity contribution in [1.82, 2.24) is 14.6 Å². The summed E-state index contributed by atoms with van der Waals surface area (Å²) in [5, 5.41) is 8.01. The molecule has 0 aliphatic carbocycles. The number of anilines is 3. The summed E-state index contributed by atoms with van der Waals surface area (Å²) < 4.78 is 20.5. The van der Waals surface area contributed by atoms with Crippen LogP contribution in [0.25, 0.3) is 5.52 Å². The quantitative estimate of drug-likeness (QED) is 0.321. The van der Waals surface area contributed by atoms with Gasteiger partial charge in [-0.3, -0.25) is 4.79 Å². The number of ether oxygens (including phenoxy) is 1. The minimum absolute atomic E-state index is 0.178. The monoisotopic (exact) mass is 478 g/mol. The first kappa shape index (κ1) is 22.2. The fraction of sp³-hybridized carbons (Fsp3) is 0.208.